The molecule has 3 fully saturated rings. The molecule has 0 unspecified atom stereocenters. The van der Waals surface area contributed by atoms with Gasteiger partial charge in [0.05, 0.1) is 0 Å². The third-order valence-electron chi connectivity index (χ3n) is 9.59. The third-order valence-corrected chi connectivity index (χ3v) is 9.59. The van der Waals surface area contributed by atoms with E-state index in [9.17, 15) is 9.18 Å². The van der Waals surface area contributed by atoms with Crippen LogP contribution in [0.2, 0.25) is 0 Å². The lowest BCUT2D eigenvalue weighted by molar-refractivity contribution is 0.0904. The number of primary amides is 1. The fourth-order valence-corrected chi connectivity index (χ4v) is 6.91. The molecule has 3 aliphatic heterocycles. The van der Waals surface area contributed by atoms with E-state index >= 15 is 0 Å². The molecular formula is C34H42FN9O2. The van der Waals surface area contributed by atoms with E-state index in [-0.39, 0.29) is 17.6 Å². The van der Waals surface area contributed by atoms with Gasteiger partial charge in [0.2, 0.25) is 0 Å². The summed E-state index contributed by atoms with van der Waals surface area (Å²) in [7, 11) is 2.20. The highest BCUT2D eigenvalue weighted by atomic mass is 19.1. The van der Waals surface area contributed by atoms with Gasteiger partial charge in [0.15, 0.2) is 23.3 Å². The number of amides is 1. The molecule has 3 aliphatic rings. The highest BCUT2D eigenvalue weighted by molar-refractivity contribution is 6.01. The number of fused-ring (bicyclic) bond motifs is 1. The average Bonchev–Trinajstić information content (AvgIpc) is 3.47. The number of H-pyrrole nitrogens is 1. The van der Waals surface area contributed by atoms with Crippen molar-refractivity contribution in [2.24, 2.45) is 5.73 Å². The Morgan fingerprint density at radius 1 is 0.957 bits per heavy atom. The van der Waals surface area contributed by atoms with Gasteiger partial charge in [0, 0.05) is 98.5 Å². The molecule has 2 aromatic carbocycles. The van der Waals surface area contributed by atoms with Gasteiger partial charge in [0.25, 0.3) is 5.91 Å². The molecule has 4 aromatic rings. The number of carbonyl (C=O) groups excluding carboxylic acids is 1. The van der Waals surface area contributed by atoms with E-state index in [1.54, 1.807) is 6.07 Å². The maximum atomic E-state index is 14.2. The summed E-state index contributed by atoms with van der Waals surface area (Å²) >= 11 is 0. The second-order valence-electron chi connectivity index (χ2n) is 12.6. The molecule has 5 N–H and O–H groups in total. The summed E-state index contributed by atoms with van der Waals surface area (Å²) in [5.74, 6) is -0.404. The molecule has 46 heavy (non-hydrogen) atoms. The number of aromatic amines is 1. The largest absolute Gasteiger partial charge is 0.381 e. The fraction of sp³-hybridized carbons (Fsp3) is 0.441. The fourth-order valence-electron chi connectivity index (χ4n) is 6.91. The van der Waals surface area contributed by atoms with Crippen LogP contribution in [-0.2, 0) is 4.74 Å². The van der Waals surface area contributed by atoms with E-state index in [4.69, 9.17) is 20.4 Å². The van der Waals surface area contributed by atoms with Crippen LogP contribution in [0, 0.1) is 5.95 Å². The number of benzene rings is 2. The highest BCUT2D eigenvalue weighted by Crippen LogP contribution is 2.35. The molecule has 11 nitrogen and oxygen atoms in total. The quantitative estimate of drug-likeness (QED) is 0.225. The van der Waals surface area contributed by atoms with Gasteiger partial charge in [-0.25, -0.2) is 9.97 Å². The summed E-state index contributed by atoms with van der Waals surface area (Å²) in [4.78, 5) is 32.6. The SMILES string of the molecule is CN1CCN(C2CCN(c3ccc(Nc4nc(NC5CCOCC5)c(-c5cccc6[nH]c(F)cc56)nc4C(N)=O)cc3)CC2)CC1. The summed E-state index contributed by atoms with van der Waals surface area (Å²) in [6, 6.07) is 15.9. The molecular weight excluding hydrogens is 585 g/mol. The number of nitrogens with zero attached hydrogens (tertiary/aromatic N) is 5. The summed E-state index contributed by atoms with van der Waals surface area (Å²) in [6.07, 6.45) is 3.94. The maximum Gasteiger partial charge on any atom is 0.271 e. The standard InChI is InChI=1S/C34H42FN9O2/c1-42-15-17-44(18-16-42)25-9-13-43(14-10-25)24-7-5-22(6-8-24)37-34-31(32(36)45)40-30(33(41-34)38-23-11-19-46-20-12-23)26-3-2-4-28-27(26)21-29(35)39-28/h2-8,21,23,25,39H,9-20H2,1H3,(H2,36,45)(H2,37,38,41). The summed E-state index contributed by atoms with van der Waals surface area (Å²) in [5.41, 5.74) is 9.53. The zero-order valence-corrected chi connectivity index (χ0v) is 26.3. The van der Waals surface area contributed by atoms with Crippen LogP contribution in [0.3, 0.4) is 0 Å². The minimum absolute atomic E-state index is 0.00981. The van der Waals surface area contributed by atoms with Gasteiger partial charge in [0.1, 0.15) is 5.69 Å². The van der Waals surface area contributed by atoms with Gasteiger partial charge in [-0.15, -0.1) is 0 Å². The van der Waals surface area contributed by atoms with Gasteiger partial charge in [-0.2, -0.15) is 4.39 Å². The number of nitrogens with one attached hydrogen (secondary N) is 3. The van der Waals surface area contributed by atoms with E-state index in [1.165, 1.54) is 24.6 Å². The number of nitrogens with two attached hydrogens (primary N) is 1. The zero-order valence-electron chi connectivity index (χ0n) is 26.3. The second-order valence-corrected chi connectivity index (χ2v) is 12.6. The Kier molecular flexibility index (Phi) is 8.74. The van der Waals surface area contributed by atoms with Crippen molar-refractivity contribution in [3.05, 3.63) is 60.2 Å². The number of halogens is 1. The smallest absolute Gasteiger partial charge is 0.271 e. The van der Waals surface area contributed by atoms with Crippen molar-refractivity contribution in [3.63, 3.8) is 0 Å². The van der Waals surface area contributed by atoms with E-state index < -0.39 is 11.9 Å². The van der Waals surface area contributed by atoms with Crippen LogP contribution < -0.4 is 21.3 Å². The van der Waals surface area contributed by atoms with Crippen molar-refractivity contribution in [2.45, 2.75) is 37.8 Å². The van der Waals surface area contributed by atoms with Crippen LogP contribution in [0.15, 0.2) is 48.5 Å². The monoisotopic (exact) mass is 627 g/mol. The van der Waals surface area contributed by atoms with E-state index in [0.29, 0.717) is 47.2 Å². The van der Waals surface area contributed by atoms with Crippen LogP contribution in [0.5, 0.6) is 0 Å². The van der Waals surface area contributed by atoms with Crippen LogP contribution in [0.1, 0.15) is 36.2 Å². The number of anilines is 4. The Morgan fingerprint density at radius 3 is 2.41 bits per heavy atom. The molecule has 12 heteroatoms. The molecule has 0 saturated carbocycles. The Hall–Kier alpha value is -4.26. The van der Waals surface area contributed by atoms with Crippen molar-refractivity contribution in [1.82, 2.24) is 24.8 Å². The lowest BCUT2D eigenvalue weighted by atomic mass is 10.0. The predicted octanol–water partition coefficient (Wildman–Crippen LogP) is 4.41. The molecule has 0 radical (unpaired) electrons. The molecule has 3 saturated heterocycles. The minimum Gasteiger partial charge on any atom is -0.381 e. The number of hydrogen-bond acceptors (Lipinski definition) is 9. The number of hydrogen-bond donors (Lipinski definition) is 4. The molecule has 0 bridgehead atoms. The lowest BCUT2D eigenvalue weighted by Crippen LogP contribution is -2.52. The molecule has 1 amide bonds. The van der Waals surface area contributed by atoms with Crippen molar-refractivity contribution < 1.29 is 13.9 Å². The first-order chi connectivity index (χ1) is 22.4. The summed E-state index contributed by atoms with van der Waals surface area (Å²) in [6.45, 7) is 7.96. The molecule has 2 aromatic heterocycles. The Labute approximate surface area is 268 Å². The average molecular weight is 628 g/mol. The minimum atomic E-state index is -0.707. The number of aromatic nitrogens is 3. The molecule has 242 valence electrons. The summed E-state index contributed by atoms with van der Waals surface area (Å²) in [5, 5.41) is 7.47. The van der Waals surface area contributed by atoms with Crippen LogP contribution in [-0.4, -0.2) is 102 Å². The van der Waals surface area contributed by atoms with Gasteiger partial charge >= 0.3 is 0 Å². The zero-order chi connectivity index (χ0) is 31.6. The second kappa shape index (κ2) is 13.2. The normalized spacial score (nSPS) is 19.0. The topological polar surface area (TPSA) is 128 Å². The lowest BCUT2D eigenvalue weighted by Gasteiger charge is -2.42. The van der Waals surface area contributed by atoms with Gasteiger partial charge in [-0.05, 0) is 63.1 Å². The molecule has 0 atom stereocenters. The molecule has 5 heterocycles. The Balaban J connectivity index is 1.13. The van der Waals surface area contributed by atoms with Gasteiger partial charge in [-0.1, -0.05) is 12.1 Å². The number of likely N-dealkylation sites (N-methyl/N-ethyl adjacent to an activating group) is 1. The first-order valence-corrected chi connectivity index (χ1v) is 16.3. The Morgan fingerprint density at radius 2 is 1.70 bits per heavy atom. The number of ether oxygens (including phenoxy) is 1. The molecule has 0 spiro atoms. The number of carbonyl (C=O) groups is 1. The van der Waals surface area contributed by atoms with Crippen LogP contribution in [0.25, 0.3) is 22.2 Å². The van der Waals surface area contributed by atoms with E-state index in [2.05, 4.69) is 49.5 Å². The first kappa shape index (κ1) is 30.4. The van der Waals surface area contributed by atoms with Crippen LogP contribution in [0.4, 0.5) is 27.4 Å². The van der Waals surface area contributed by atoms with E-state index in [0.717, 1.165) is 57.8 Å². The third kappa shape index (κ3) is 6.51. The summed E-state index contributed by atoms with van der Waals surface area (Å²) < 4.78 is 19.8. The first-order valence-electron chi connectivity index (χ1n) is 16.3. The van der Waals surface area contributed by atoms with Crippen molar-refractivity contribution in [2.75, 3.05) is 75.1 Å². The van der Waals surface area contributed by atoms with Gasteiger partial charge < -0.3 is 35.9 Å². The molecule has 0 aliphatic carbocycles. The molecule has 7 rings (SSSR count). The Bertz CT molecular complexity index is 1670. The predicted molar refractivity (Wildman–Crippen MR) is 179 cm³/mol. The van der Waals surface area contributed by atoms with Crippen molar-refractivity contribution in [3.8, 4) is 11.3 Å². The van der Waals surface area contributed by atoms with Crippen molar-refractivity contribution in [1.29, 1.82) is 0 Å². The highest BCUT2D eigenvalue weighted by Gasteiger charge is 2.27. The van der Waals surface area contributed by atoms with Crippen LogP contribution >= 0.6 is 0 Å². The number of piperazine rings is 1. The van der Waals surface area contributed by atoms with E-state index in [1.807, 2.05) is 24.3 Å². The maximum absolute atomic E-state index is 14.2. The number of piperidine rings is 1. The number of rotatable bonds is 8. The van der Waals surface area contributed by atoms with Crippen molar-refractivity contribution >= 4 is 39.8 Å². The van der Waals surface area contributed by atoms with Gasteiger partial charge in [-0.3, -0.25) is 9.69 Å².